The van der Waals surface area contributed by atoms with Crippen molar-refractivity contribution in [2.24, 2.45) is 0 Å². The molecule has 0 aliphatic rings. The smallest absolute Gasteiger partial charge is 0.243 e. The minimum Gasteiger partial charge on any atom is -0.481 e. The number of aromatic nitrogens is 2. The number of rotatable bonds is 5. The van der Waals surface area contributed by atoms with Gasteiger partial charge in [0.1, 0.15) is 17.3 Å². The number of benzene rings is 2. The molecular formula is C22H17N3O3S. The van der Waals surface area contributed by atoms with Crippen LogP contribution in [0.2, 0.25) is 0 Å². The van der Waals surface area contributed by atoms with Crippen LogP contribution in [0.4, 0.5) is 0 Å². The molecule has 0 amide bonds. The topological polar surface area (TPSA) is 81.2 Å². The molecule has 0 saturated heterocycles. The largest absolute Gasteiger partial charge is 0.481 e. The molecule has 2 aromatic heterocycles. The van der Waals surface area contributed by atoms with E-state index in [9.17, 15) is 8.42 Å². The number of pyridine rings is 2. The van der Waals surface area contributed by atoms with Gasteiger partial charge >= 0.3 is 0 Å². The predicted molar refractivity (Wildman–Crippen MR) is 112 cm³/mol. The molecule has 6 nitrogen and oxygen atoms in total. The minimum absolute atomic E-state index is 0.0197. The van der Waals surface area contributed by atoms with Crippen LogP contribution in [0.1, 0.15) is 0 Å². The minimum atomic E-state index is -3.71. The van der Waals surface area contributed by atoms with Crippen molar-refractivity contribution >= 4 is 31.8 Å². The van der Waals surface area contributed by atoms with E-state index in [0.717, 1.165) is 16.3 Å². The molecule has 0 atom stereocenters. The summed E-state index contributed by atoms with van der Waals surface area (Å²) in [5.41, 5.74) is 1.28. The maximum Gasteiger partial charge on any atom is 0.243 e. The highest BCUT2D eigenvalue weighted by molar-refractivity contribution is 7.89. The SMILES string of the molecule is O=S(=O)(NCC#CCOc1ccc2cccnc2c1)c1cccc2cccnc12. The lowest BCUT2D eigenvalue weighted by Crippen LogP contribution is -2.24. The number of hydrogen-bond donors (Lipinski definition) is 1. The van der Waals surface area contributed by atoms with Gasteiger partial charge in [-0.1, -0.05) is 36.1 Å². The molecule has 0 fully saturated rings. The Labute approximate surface area is 168 Å². The first-order valence-electron chi connectivity index (χ1n) is 8.90. The Bertz CT molecular complexity index is 1340. The Hall–Kier alpha value is -3.47. The van der Waals surface area contributed by atoms with Gasteiger partial charge in [-0.25, -0.2) is 8.42 Å². The van der Waals surface area contributed by atoms with Gasteiger partial charge in [0.25, 0.3) is 0 Å². The van der Waals surface area contributed by atoms with Gasteiger partial charge < -0.3 is 4.74 Å². The fourth-order valence-corrected chi connectivity index (χ4v) is 3.97. The van der Waals surface area contributed by atoms with Crippen LogP contribution >= 0.6 is 0 Å². The fourth-order valence-electron chi connectivity index (χ4n) is 2.87. The summed E-state index contributed by atoms with van der Waals surface area (Å²) in [5.74, 6) is 6.23. The highest BCUT2D eigenvalue weighted by Crippen LogP contribution is 2.20. The number of hydrogen-bond acceptors (Lipinski definition) is 5. The molecule has 2 aromatic carbocycles. The van der Waals surface area contributed by atoms with Crippen LogP contribution in [-0.4, -0.2) is 31.5 Å². The average molecular weight is 403 g/mol. The van der Waals surface area contributed by atoms with Gasteiger partial charge in [0, 0.05) is 29.2 Å². The number of nitrogens with zero attached hydrogens (tertiary/aromatic N) is 2. The zero-order valence-corrected chi connectivity index (χ0v) is 16.2. The molecule has 29 heavy (non-hydrogen) atoms. The van der Waals surface area contributed by atoms with E-state index in [1.165, 1.54) is 6.07 Å². The highest BCUT2D eigenvalue weighted by Gasteiger charge is 2.16. The summed E-state index contributed by atoms with van der Waals surface area (Å²) in [7, 11) is -3.71. The van der Waals surface area contributed by atoms with Gasteiger partial charge in [-0.15, -0.1) is 0 Å². The summed E-state index contributed by atoms with van der Waals surface area (Å²) in [5, 5.41) is 1.79. The highest BCUT2D eigenvalue weighted by atomic mass is 32.2. The van der Waals surface area contributed by atoms with Crippen molar-refractivity contribution in [2.75, 3.05) is 13.2 Å². The average Bonchev–Trinajstić information content (AvgIpc) is 2.75. The van der Waals surface area contributed by atoms with Gasteiger partial charge in [-0.3, -0.25) is 9.97 Å². The normalized spacial score (nSPS) is 11.2. The third-order valence-electron chi connectivity index (χ3n) is 4.25. The van der Waals surface area contributed by atoms with Gasteiger partial charge in [0.05, 0.1) is 17.6 Å². The Morgan fingerprint density at radius 3 is 2.59 bits per heavy atom. The first-order chi connectivity index (χ1) is 14.1. The monoisotopic (exact) mass is 403 g/mol. The summed E-state index contributed by atoms with van der Waals surface area (Å²) in [6.45, 7) is 0.129. The van der Waals surface area contributed by atoms with Crippen molar-refractivity contribution in [2.45, 2.75) is 4.90 Å². The lowest BCUT2D eigenvalue weighted by molar-refractivity contribution is 0.370. The summed E-state index contributed by atoms with van der Waals surface area (Å²) < 4.78 is 33.2. The fraction of sp³-hybridized carbons (Fsp3) is 0.0909. The van der Waals surface area contributed by atoms with Crippen LogP contribution in [-0.2, 0) is 10.0 Å². The second kappa shape index (κ2) is 8.27. The number of sulfonamides is 1. The van der Waals surface area contributed by atoms with Crippen molar-refractivity contribution in [3.63, 3.8) is 0 Å². The number of fused-ring (bicyclic) bond motifs is 2. The lowest BCUT2D eigenvalue weighted by Gasteiger charge is -2.06. The Balaban J connectivity index is 1.36. The number of para-hydroxylation sites is 1. The maximum absolute atomic E-state index is 12.6. The van der Waals surface area contributed by atoms with E-state index in [1.54, 1.807) is 24.5 Å². The van der Waals surface area contributed by atoms with Crippen LogP contribution in [0, 0.1) is 11.8 Å². The van der Waals surface area contributed by atoms with Crippen LogP contribution in [0.15, 0.2) is 78.0 Å². The van der Waals surface area contributed by atoms with Gasteiger partial charge in [0.15, 0.2) is 0 Å². The zero-order chi connectivity index (χ0) is 20.1. The molecule has 0 aliphatic heterocycles. The first kappa shape index (κ1) is 18.9. The van der Waals surface area contributed by atoms with Gasteiger partial charge in [-0.05, 0) is 30.3 Å². The molecule has 0 bridgehead atoms. The summed E-state index contributed by atoms with van der Waals surface area (Å²) in [6, 6.07) is 18.1. The van der Waals surface area contributed by atoms with E-state index >= 15 is 0 Å². The third-order valence-corrected chi connectivity index (χ3v) is 5.68. The molecule has 0 unspecified atom stereocenters. The Morgan fingerprint density at radius 1 is 0.897 bits per heavy atom. The molecular weight excluding hydrogens is 386 g/mol. The molecule has 144 valence electrons. The lowest BCUT2D eigenvalue weighted by atomic mass is 10.2. The zero-order valence-electron chi connectivity index (χ0n) is 15.4. The van der Waals surface area contributed by atoms with Gasteiger partial charge in [0.2, 0.25) is 10.0 Å². The maximum atomic E-state index is 12.6. The molecule has 2 heterocycles. The van der Waals surface area contributed by atoms with Crippen molar-refractivity contribution in [3.8, 4) is 17.6 Å². The Morgan fingerprint density at radius 2 is 1.69 bits per heavy atom. The second-order valence-corrected chi connectivity index (χ2v) is 7.89. The van der Waals surface area contributed by atoms with Crippen molar-refractivity contribution in [3.05, 3.63) is 73.1 Å². The van der Waals surface area contributed by atoms with Crippen LogP contribution in [0.3, 0.4) is 0 Å². The summed E-state index contributed by atoms with van der Waals surface area (Å²) >= 11 is 0. The van der Waals surface area contributed by atoms with E-state index in [-0.39, 0.29) is 18.0 Å². The van der Waals surface area contributed by atoms with Crippen LogP contribution in [0.25, 0.3) is 21.8 Å². The van der Waals surface area contributed by atoms with E-state index < -0.39 is 10.0 Å². The van der Waals surface area contributed by atoms with Crippen molar-refractivity contribution in [1.29, 1.82) is 0 Å². The summed E-state index contributed by atoms with van der Waals surface area (Å²) in [4.78, 5) is 8.60. The van der Waals surface area contributed by atoms with Gasteiger partial charge in [-0.2, -0.15) is 4.72 Å². The number of ether oxygens (including phenoxy) is 1. The van der Waals surface area contributed by atoms with Crippen LogP contribution in [0.5, 0.6) is 5.75 Å². The second-order valence-electron chi connectivity index (χ2n) is 6.16. The molecule has 4 aromatic rings. The summed E-state index contributed by atoms with van der Waals surface area (Å²) in [6.07, 6.45) is 3.30. The Kier molecular flexibility index (Phi) is 5.38. The molecule has 0 saturated carbocycles. The number of nitrogens with one attached hydrogen (secondary N) is 1. The molecule has 0 radical (unpaired) electrons. The van der Waals surface area contributed by atoms with Crippen molar-refractivity contribution < 1.29 is 13.2 Å². The van der Waals surface area contributed by atoms with E-state index in [4.69, 9.17) is 4.74 Å². The quantitative estimate of drug-likeness (QED) is 0.518. The molecule has 7 heteroatoms. The van der Waals surface area contributed by atoms with E-state index in [2.05, 4.69) is 26.5 Å². The van der Waals surface area contributed by atoms with Crippen molar-refractivity contribution in [1.82, 2.24) is 14.7 Å². The predicted octanol–water partition coefficient (Wildman–Crippen LogP) is 3.14. The molecule has 0 aliphatic carbocycles. The van der Waals surface area contributed by atoms with E-state index in [1.807, 2.05) is 42.5 Å². The molecule has 1 N–H and O–H groups in total. The van der Waals surface area contributed by atoms with E-state index in [0.29, 0.717) is 11.3 Å². The molecule has 0 spiro atoms. The first-order valence-corrected chi connectivity index (χ1v) is 10.4. The van der Waals surface area contributed by atoms with Crippen LogP contribution < -0.4 is 9.46 Å². The third kappa shape index (κ3) is 4.35. The standard InChI is InChI=1S/C22H17N3O3S/c26-29(27,21-9-3-6-18-8-5-13-24-22(18)21)25-14-1-2-15-28-19-11-10-17-7-4-12-23-20(17)16-19/h3-13,16,25H,14-15H2. The molecule has 4 rings (SSSR count).